The number of anilines is 1. The molecule has 138 valence electrons. The molecule has 0 aliphatic carbocycles. The highest BCUT2D eigenvalue weighted by Crippen LogP contribution is 2.21. The summed E-state index contributed by atoms with van der Waals surface area (Å²) in [5, 5.41) is 9.85. The van der Waals surface area contributed by atoms with E-state index in [1.165, 1.54) is 6.20 Å². The van der Waals surface area contributed by atoms with Crippen molar-refractivity contribution in [1.82, 2.24) is 15.2 Å². The molecule has 0 spiro atoms. The van der Waals surface area contributed by atoms with E-state index in [4.69, 9.17) is 4.74 Å². The van der Waals surface area contributed by atoms with Gasteiger partial charge in [0.25, 0.3) is 11.5 Å². The number of rotatable bonds is 4. The molecule has 2 heterocycles. The number of hydrogen-bond donors (Lipinski definition) is 2. The number of hydrogen-bond acceptors (Lipinski definition) is 5. The summed E-state index contributed by atoms with van der Waals surface area (Å²) in [6.07, 6.45) is 1.50. The van der Waals surface area contributed by atoms with Gasteiger partial charge in [-0.25, -0.2) is 10.1 Å². The number of carbonyl (C=O) groups excluding carboxylic acids is 1. The van der Waals surface area contributed by atoms with Crippen molar-refractivity contribution < 1.29 is 9.53 Å². The molecule has 4 aromatic rings. The van der Waals surface area contributed by atoms with Crippen LogP contribution in [-0.2, 0) is 0 Å². The first-order valence-corrected chi connectivity index (χ1v) is 8.59. The molecule has 0 saturated heterocycles. The highest BCUT2D eigenvalue weighted by Gasteiger charge is 2.14. The first-order chi connectivity index (χ1) is 13.6. The molecule has 0 unspecified atom stereocenters. The number of amides is 1. The highest BCUT2D eigenvalue weighted by atomic mass is 16.5. The Morgan fingerprint density at radius 3 is 2.46 bits per heavy atom. The zero-order valence-electron chi connectivity index (χ0n) is 15.0. The molecule has 0 aliphatic rings. The van der Waals surface area contributed by atoms with Crippen LogP contribution in [0.1, 0.15) is 16.1 Å². The number of nitrogens with zero attached hydrogens (tertiary/aromatic N) is 2. The summed E-state index contributed by atoms with van der Waals surface area (Å²) in [5.41, 5.74) is 1.42. The Morgan fingerprint density at radius 1 is 1.00 bits per heavy atom. The monoisotopic (exact) mass is 372 g/mol. The molecule has 0 aliphatic heterocycles. The number of carbonyl (C=O) groups is 1. The van der Waals surface area contributed by atoms with E-state index >= 15 is 0 Å². The number of nitrogens with one attached hydrogen (secondary N) is 2. The maximum absolute atomic E-state index is 12.6. The van der Waals surface area contributed by atoms with E-state index < -0.39 is 5.91 Å². The second-order valence-corrected chi connectivity index (χ2v) is 6.20. The summed E-state index contributed by atoms with van der Waals surface area (Å²) in [6.45, 7) is 2.00. The van der Waals surface area contributed by atoms with E-state index in [0.29, 0.717) is 28.1 Å². The SMILES string of the molecule is Cc1ccc(Oc2ccc(NC(=O)c3n[nH]c(=O)c4ccccc34)cn2)cc1. The topological polar surface area (TPSA) is 97.0 Å². The minimum Gasteiger partial charge on any atom is -0.439 e. The van der Waals surface area contributed by atoms with Gasteiger partial charge < -0.3 is 10.1 Å². The van der Waals surface area contributed by atoms with Gasteiger partial charge in [-0.05, 0) is 31.2 Å². The van der Waals surface area contributed by atoms with E-state index in [0.717, 1.165) is 5.56 Å². The van der Waals surface area contributed by atoms with E-state index in [1.54, 1.807) is 36.4 Å². The van der Waals surface area contributed by atoms with Crippen LogP contribution in [0.15, 0.2) is 71.7 Å². The van der Waals surface area contributed by atoms with Gasteiger partial charge in [0.2, 0.25) is 5.88 Å². The van der Waals surface area contributed by atoms with Crippen LogP contribution in [0, 0.1) is 6.92 Å². The molecule has 1 amide bonds. The molecule has 7 nitrogen and oxygen atoms in total. The fourth-order valence-electron chi connectivity index (χ4n) is 2.72. The molecule has 28 heavy (non-hydrogen) atoms. The van der Waals surface area contributed by atoms with Gasteiger partial charge in [-0.15, -0.1) is 0 Å². The summed E-state index contributed by atoms with van der Waals surface area (Å²) in [7, 11) is 0. The predicted octanol–water partition coefficient (Wildman–Crippen LogP) is 3.67. The number of aromatic amines is 1. The van der Waals surface area contributed by atoms with Crippen molar-refractivity contribution in [2.75, 3.05) is 5.32 Å². The van der Waals surface area contributed by atoms with Crippen molar-refractivity contribution in [2.45, 2.75) is 6.92 Å². The molecule has 2 aromatic heterocycles. The number of benzene rings is 2. The minimum atomic E-state index is -0.443. The summed E-state index contributed by atoms with van der Waals surface area (Å²) in [6, 6.07) is 17.8. The van der Waals surface area contributed by atoms with Crippen LogP contribution in [0.3, 0.4) is 0 Å². The summed E-state index contributed by atoms with van der Waals surface area (Å²) in [4.78, 5) is 28.6. The predicted molar refractivity (Wildman–Crippen MR) is 106 cm³/mol. The molecule has 2 N–H and O–H groups in total. The van der Waals surface area contributed by atoms with Crippen molar-refractivity contribution in [2.24, 2.45) is 0 Å². The molecule has 0 saturated carbocycles. The lowest BCUT2D eigenvalue weighted by molar-refractivity contribution is 0.102. The van der Waals surface area contributed by atoms with Gasteiger partial charge in [-0.3, -0.25) is 9.59 Å². The molecule has 2 aromatic carbocycles. The molecule has 4 rings (SSSR count). The van der Waals surface area contributed by atoms with Gasteiger partial charge in [0, 0.05) is 11.5 Å². The highest BCUT2D eigenvalue weighted by molar-refractivity contribution is 6.10. The maximum Gasteiger partial charge on any atom is 0.276 e. The second kappa shape index (κ2) is 7.32. The number of H-pyrrole nitrogens is 1. The van der Waals surface area contributed by atoms with Crippen LogP contribution in [0.25, 0.3) is 10.8 Å². The van der Waals surface area contributed by atoms with Crippen LogP contribution >= 0.6 is 0 Å². The molecule has 0 fully saturated rings. The molecule has 0 atom stereocenters. The van der Waals surface area contributed by atoms with Crippen molar-refractivity contribution in [3.8, 4) is 11.6 Å². The third-order valence-electron chi connectivity index (χ3n) is 4.15. The molecule has 7 heteroatoms. The van der Waals surface area contributed by atoms with Crippen LogP contribution in [0.4, 0.5) is 5.69 Å². The summed E-state index contributed by atoms with van der Waals surface area (Å²) < 4.78 is 5.67. The molecular weight excluding hydrogens is 356 g/mol. The first kappa shape index (κ1) is 17.4. The van der Waals surface area contributed by atoms with Crippen LogP contribution in [-0.4, -0.2) is 21.1 Å². The summed E-state index contributed by atoms with van der Waals surface area (Å²) in [5.74, 6) is 0.648. The normalized spacial score (nSPS) is 10.6. The van der Waals surface area contributed by atoms with E-state index in [2.05, 4.69) is 20.5 Å². The summed E-state index contributed by atoms with van der Waals surface area (Å²) >= 11 is 0. The molecule has 0 bridgehead atoms. The Bertz CT molecular complexity index is 1200. The quantitative estimate of drug-likeness (QED) is 0.570. The minimum absolute atomic E-state index is 0.134. The standard InChI is InChI=1S/C21H16N4O3/c1-13-6-9-15(10-7-13)28-18-11-8-14(12-22-18)23-21(27)19-16-4-2-3-5-17(16)20(26)25-24-19/h2-12H,1H3,(H,23,27)(H,25,26). The number of pyridine rings is 1. The Labute approximate surface area is 160 Å². The van der Waals surface area contributed by atoms with Gasteiger partial charge in [-0.2, -0.15) is 5.10 Å². The Kier molecular flexibility index (Phi) is 4.55. The largest absolute Gasteiger partial charge is 0.439 e. The fourth-order valence-corrected chi connectivity index (χ4v) is 2.72. The van der Waals surface area contributed by atoms with E-state index in [9.17, 15) is 9.59 Å². The third-order valence-corrected chi connectivity index (χ3v) is 4.15. The van der Waals surface area contributed by atoms with Crippen molar-refractivity contribution >= 4 is 22.4 Å². The van der Waals surface area contributed by atoms with Crippen LogP contribution < -0.4 is 15.6 Å². The van der Waals surface area contributed by atoms with Crippen molar-refractivity contribution in [3.63, 3.8) is 0 Å². The van der Waals surface area contributed by atoms with Gasteiger partial charge >= 0.3 is 0 Å². The lowest BCUT2D eigenvalue weighted by Crippen LogP contribution is -2.19. The van der Waals surface area contributed by atoms with Gasteiger partial charge in [-0.1, -0.05) is 35.9 Å². The van der Waals surface area contributed by atoms with Crippen LogP contribution in [0.5, 0.6) is 11.6 Å². The zero-order valence-corrected chi connectivity index (χ0v) is 15.0. The van der Waals surface area contributed by atoms with Crippen LogP contribution in [0.2, 0.25) is 0 Å². The fraction of sp³-hybridized carbons (Fsp3) is 0.0476. The van der Waals surface area contributed by atoms with Crippen molar-refractivity contribution in [1.29, 1.82) is 0 Å². The molecule has 0 radical (unpaired) electrons. The number of aromatic nitrogens is 3. The maximum atomic E-state index is 12.6. The van der Waals surface area contributed by atoms with Gasteiger partial charge in [0.05, 0.1) is 17.3 Å². The second-order valence-electron chi connectivity index (χ2n) is 6.20. The van der Waals surface area contributed by atoms with E-state index in [-0.39, 0.29) is 11.3 Å². The smallest absolute Gasteiger partial charge is 0.276 e. The van der Waals surface area contributed by atoms with E-state index in [1.807, 2.05) is 31.2 Å². The average molecular weight is 372 g/mol. The molecular formula is C21H16N4O3. The van der Waals surface area contributed by atoms with Crippen molar-refractivity contribution in [3.05, 3.63) is 88.5 Å². The Balaban J connectivity index is 1.52. The first-order valence-electron chi connectivity index (χ1n) is 8.59. The Morgan fingerprint density at radius 2 is 1.75 bits per heavy atom. The number of ether oxygens (including phenoxy) is 1. The Hall–Kier alpha value is -4.00. The number of aryl methyl sites for hydroxylation is 1. The van der Waals surface area contributed by atoms with Gasteiger partial charge in [0.1, 0.15) is 5.75 Å². The average Bonchev–Trinajstić information content (AvgIpc) is 2.71. The third kappa shape index (κ3) is 3.59. The zero-order chi connectivity index (χ0) is 19.5. The number of fused-ring (bicyclic) bond motifs is 1. The lowest BCUT2D eigenvalue weighted by Gasteiger charge is -2.08. The lowest BCUT2D eigenvalue weighted by atomic mass is 10.1. The van der Waals surface area contributed by atoms with Gasteiger partial charge in [0.15, 0.2) is 5.69 Å².